The first-order valence-electron chi connectivity index (χ1n) is 10.4. The number of rotatable bonds is 9. The number of aromatic nitrogens is 2. The third-order valence-corrected chi connectivity index (χ3v) is 6.74. The summed E-state index contributed by atoms with van der Waals surface area (Å²) in [7, 11) is 1.81. The van der Waals surface area contributed by atoms with Crippen molar-refractivity contribution in [3.63, 3.8) is 0 Å². The van der Waals surface area contributed by atoms with Crippen molar-refractivity contribution in [2.24, 2.45) is 0 Å². The smallest absolute Gasteiger partial charge is 0.261 e. The summed E-state index contributed by atoms with van der Waals surface area (Å²) < 4.78 is 1.86. The van der Waals surface area contributed by atoms with E-state index in [4.69, 9.17) is 5.10 Å². The van der Waals surface area contributed by atoms with Crippen LogP contribution in [0.4, 0.5) is 0 Å². The van der Waals surface area contributed by atoms with E-state index in [1.807, 2.05) is 77.2 Å². The summed E-state index contributed by atoms with van der Waals surface area (Å²) in [4.78, 5) is 28.2. The van der Waals surface area contributed by atoms with Crippen LogP contribution in [0.15, 0.2) is 71.6 Å². The van der Waals surface area contributed by atoms with Gasteiger partial charge in [0.25, 0.3) is 5.91 Å². The van der Waals surface area contributed by atoms with E-state index in [2.05, 4.69) is 5.32 Å². The minimum atomic E-state index is -0.0882. The summed E-state index contributed by atoms with van der Waals surface area (Å²) in [5.74, 6) is -0.0466. The Balaban J connectivity index is 1.37. The minimum absolute atomic E-state index is 0.0416. The molecular weight excluding hydrogens is 440 g/mol. The lowest BCUT2D eigenvalue weighted by atomic mass is 10.2. The summed E-state index contributed by atoms with van der Waals surface area (Å²) in [6.45, 7) is 0.948. The molecule has 1 N–H and O–H groups in total. The van der Waals surface area contributed by atoms with Crippen molar-refractivity contribution < 1.29 is 9.59 Å². The van der Waals surface area contributed by atoms with E-state index in [0.29, 0.717) is 30.8 Å². The zero-order valence-electron chi connectivity index (χ0n) is 17.7. The maximum atomic E-state index is 12.7. The second-order valence-electron chi connectivity index (χ2n) is 7.35. The van der Waals surface area contributed by atoms with Crippen molar-refractivity contribution in [1.29, 1.82) is 0 Å². The van der Waals surface area contributed by atoms with Crippen molar-refractivity contribution >= 4 is 34.5 Å². The Kier molecular flexibility index (Phi) is 7.14. The Hall–Kier alpha value is -3.23. The average Bonchev–Trinajstić information content (AvgIpc) is 3.58. The predicted molar refractivity (Wildman–Crippen MR) is 129 cm³/mol. The van der Waals surface area contributed by atoms with Gasteiger partial charge in [0.2, 0.25) is 5.91 Å². The van der Waals surface area contributed by atoms with Crippen LogP contribution in [0.5, 0.6) is 0 Å². The number of amides is 2. The quantitative estimate of drug-likeness (QED) is 0.361. The van der Waals surface area contributed by atoms with E-state index in [0.717, 1.165) is 21.8 Å². The van der Waals surface area contributed by atoms with Crippen molar-refractivity contribution in [1.82, 2.24) is 20.0 Å². The molecule has 8 heteroatoms. The summed E-state index contributed by atoms with van der Waals surface area (Å²) in [5.41, 5.74) is 2.87. The lowest BCUT2D eigenvalue weighted by Gasteiger charge is -2.17. The largest absolute Gasteiger partial charge is 0.351 e. The van der Waals surface area contributed by atoms with Gasteiger partial charge >= 0.3 is 0 Å². The molecule has 4 aromatic rings. The van der Waals surface area contributed by atoms with Gasteiger partial charge in [0.1, 0.15) is 5.69 Å². The maximum Gasteiger partial charge on any atom is 0.261 e. The Morgan fingerprint density at radius 3 is 2.53 bits per heavy atom. The molecule has 3 heterocycles. The molecule has 0 aliphatic carbocycles. The fourth-order valence-corrected chi connectivity index (χ4v) is 4.71. The van der Waals surface area contributed by atoms with E-state index in [1.165, 1.54) is 11.3 Å². The number of carbonyl (C=O) groups is 2. The molecule has 4 rings (SSSR count). The van der Waals surface area contributed by atoms with Gasteiger partial charge in [-0.1, -0.05) is 30.3 Å². The van der Waals surface area contributed by atoms with Gasteiger partial charge in [0.05, 0.1) is 15.4 Å². The van der Waals surface area contributed by atoms with Crippen molar-refractivity contribution in [2.75, 3.05) is 13.6 Å². The third-order valence-electron chi connectivity index (χ3n) is 5.00. The summed E-state index contributed by atoms with van der Waals surface area (Å²) in [6, 6.07) is 17.6. The highest BCUT2D eigenvalue weighted by Gasteiger charge is 2.17. The number of nitrogens with zero attached hydrogens (tertiary/aromatic N) is 3. The molecule has 6 nitrogen and oxygen atoms in total. The van der Waals surface area contributed by atoms with Gasteiger partial charge in [0, 0.05) is 38.3 Å². The first-order chi connectivity index (χ1) is 15.6. The van der Waals surface area contributed by atoms with Crippen LogP contribution in [-0.2, 0) is 11.3 Å². The molecule has 0 radical (unpaired) electrons. The van der Waals surface area contributed by atoms with Gasteiger partial charge in [-0.15, -0.1) is 22.7 Å². The van der Waals surface area contributed by atoms with Gasteiger partial charge in [-0.3, -0.25) is 9.59 Å². The van der Waals surface area contributed by atoms with E-state index < -0.39 is 0 Å². The number of nitrogens with one attached hydrogen (secondary N) is 1. The average molecular weight is 465 g/mol. The molecule has 3 aromatic heterocycles. The van der Waals surface area contributed by atoms with Gasteiger partial charge in [-0.2, -0.15) is 5.10 Å². The number of hydrogen-bond acceptors (Lipinski definition) is 5. The van der Waals surface area contributed by atoms with Crippen molar-refractivity contribution in [2.45, 2.75) is 19.4 Å². The molecule has 0 fully saturated rings. The number of carbonyl (C=O) groups excluding carboxylic acids is 2. The molecule has 0 spiro atoms. The van der Waals surface area contributed by atoms with Crippen molar-refractivity contribution in [3.05, 3.63) is 82.0 Å². The molecule has 0 saturated heterocycles. The molecule has 2 amide bonds. The Morgan fingerprint density at radius 1 is 1.03 bits per heavy atom. The second-order valence-corrected chi connectivity index (χ2v) is 9.24. The third kappa shape index (κ3) is 5.33. The fraction of sp³-hybridized carbons (Fsp3) is 0.208. The highest BCUT2D eigenvalue weighted by molar-refractivity contribution is 7.13. The molecule has 32 heavy (non-hydrogen) atoms. The fourth-order valence-electron chi connectivity index (χ4n) is 3.33. The van der Waals surface area contributed by atoms with Gasteiger partial charge in [-0.05, 0) is 41.4 Å². The van der Waals surface area contributed by atoms with E-state index >= 15 is 0 Å². The molecule has 0 saturated carbocycles. The molecule has 0 bridgehead atoms. The highest BCUT2D eigenvalue weighted by atomic mass is 32.1. The van der Waals surface area contributed by atoms with Crippen LogP contribution >= 0.6 is 22.7 Å². The van der Waals surface area contributed by atoms with Crippen LogP contribution in [0.3, 0.4) is 0 Å². The summed E-state index contributed by atoms with van der Waals surface area (Å²) in [5, 5.41) is 11.6. The molecule has 1 aromatic carbocycles. The lowest BCUT2D eigenvalue weighted by Crippen LogP contribution is -2.28. The van der Waals surface area contributed by atoms with Gasteiger partial charge in [0.15, 0.2) is 0 Å². The number of thiophene rings is 2. The van der Waals surface area contributed by atoms with Crippen molar-refractivity contribution in [3.8, 4) is 16.3 Å². The lowest BCUT2D eigenvalue weighted by molar-refractivity contribution is -0.130. The number of benzene rings is 1. The number of hydrogen-bond donors (Lipinski definition) is 1. The maximum absolute atomic E-state index is 12.7. The van der Waals surface area contributed by atoms with Crippen LogP contribution in [0.2, 0.25) is 0 Å². The predicted octanol–water partition coefficient (Wildman–Crippen LogP) is 4.83. The zero-order chi connectivity index (χ0) is 22.3. The Labute approximate surface area is 195 Å². The number of para-hydroxylation sites is 1. The van der Waals surface area contributed by atoms with Crippen LogP contribution in [0, 0.1) is 0 Å². The monoisotopic (exact) mass is 464 g/mol. The van der Waals surface area contributed by atoms with Crippen LogP contribution in [0.25, 0.3) is 16.3 Å². The molecular formula is C24H24N4O2S2. The highest BCUT2D eigenvalue weighted by Crippen LogP contribution is 2.28. The molecule has 0 aliphatic heterocycles. The van der Waals surface area contributed by atoms with E-state index in [-0.39, 0.29) is 11.8 Å². The normalized spacial score (nSPS) is 10.8. The van der Waals surface area contributed by atoms with Crippen LogP contribution in [0.1, 0.15) is 28.1 Å². The van der Waals surface area contributed by atoms with E-state index in [9.17, 15) is 9.59 Å². The topological polar surface area (TPSA) is 67.2 Å². The van der Waals surface area contributed by atoms with Crippen LogP contribution in [-0.4, -0.2) is 40.1 Å². The first kappa shape index (κ1) is 22.0. The Morgan fingerprint density at radius 2 is 1.81 bits per heavy atom. The van der Waals surface area contributed by atoms with Gasteiger partial charge < -0.3 is 10.2 Å². The molecule has 0 unspecified atom stereocenters. The molecule has 164 valence electrons. The SMILES string of the molecule is CN(Cc1cn(-c2ccccc2)nc1-c1cccs1)C(=O)CCCNC(=O)c1cccs1. The van der Waals surface area contributed by atoms with Gasteiger partial charge in [-0.25, -0.2) is 4.68 Å². The van der Waals surface area contributed by atoms with E-state index in [1.54, 1.807) is 22.3 Å². The molecule has 0 atom stereocenters. The molecule has 0 aliphatic rings. The Bertz CT molecular complexity index is 1150. The standard InChI is InChI=1S/C24H24N4O2S2/c1-27(22(29)12-5-13-25-24(30)21-11-7-15-32-21)16-18-17-28(19-8-3-2-4-9-19)26-23(18)20-10-6-14-31-20/h2-4,6-11,14-15,17H,5,12-13,16H2,1H3,(H,25,30). The summed E-state index contributed by atoms with van der Waals surface area (Å²) in [6.07, 6.45) is 2.97. The second kappa shape index (κ2) is 10.4. The summed E-state index contributed by atoms with van der Waals surface area (Å²) >= 11 is 3.04. The zero-order valence-corrected chi connectivity index (χ0v) is 19.4. The minimum Gasteiger partial charge on any atom is -0.351 e. The van der Waals surface area contributed by atoms with Crippen LogP contribution < -0.4 is 5.32 Å². The first-order valence-corrected chi connectivity index (χ1v) is 12.1.